The summed E-state index contributed by atoms with van der Waals surface area (Å²) in [6.07, 6.45) is 4.05. The number of hydrogen-bond donors (Lipinski definition) is 1. The Balaban J connectivity index is 1.60. The fourth-order valence-electron chi connectivity index (χ4n) is 3.85. The third-order valence-electron chi connectivity index (χ3n) is 5.27. The molecule has 0 amide bonds. The van der Waals surface area contributed by atoms with Crippen molar-refractivity contribution in [2.75, 3.05) is 6.61 Å². The molecule has 0 radical (unpaired) electrons. The van der Waals surface area contributed by atoms with Crippen LogP contribution in [0.4, 0.5) is 0 Å². The topological polar surface area (TPSA) is 94.3 Å². The van der Waals surface area contributed by atoms with E-state index in [4.69, 9.17) is 4.74 Å². The minimum absolute atomic E-state index is 0.0287. The van der Waals surface area contributed by atoms with Crippen molar-refractivity contribution >= 4 is 21.1 Å². The van der Waals surface area contributed by atoms with Gasteiger partial charge in [0.2, 0.25) is 10.0 Å². The Kier molecular flexibility index (Phi) is 3.44. The summed E-state index contributed by atoms with van der Waals surface area (Å²) in [6, 6.07) is 4.77. The van der Waals surface area contributed by atoms with Crippen LogP contribution in [0.15, 0.2) is 27.7 Å². The molecule has 2 aliphatic rings. The highest BCUT2D eigenvalue weighted by Crippen LogP contribution is 2.57. The number of hydrogen-bond acceptors (Lipinski definition) is 6. The first-order valence-corrected chi connectivity index (χ1v) is 9.40. The van der Waals surface area contributed by atoms with Gasteiger partial charge in [-0.25, -0.2) is 17.8 Å². The monoisotopic (exact) mass is 337 g/mol. The molecule has 1 aromatic carbocycles. The van der Waals surface area contributed by atoms with Gasteiger partial charge in [0.15, 0.2) is 5.52 Å². The minimum Gasteiger partial charge on any atom is -0.378 e. The van der Waals surface area contributed by atoms with Crippen LogP contribution in [0, 0.1) is 5.41 Å². The van der Waals surface area contributed by atoms with Crippen molar-refractivity contribution in [3.8, 4) is 0 Å². The van der Waals surface area contributed by atoms with Crippen molar-refractivity contribution in [1.29, 1.82) is 0 Å². The molecule has 1 heterocycles. The van der Waals surface area contributed by atoms with Crippen LogP contribution in [0.25, 0.3) is 11.0 Å². The van der Waals surface area contributed by atoms with Crippen LogP contribution in [0.3, 0.4) is 0 Å². The van der Waals surface area contributed by atoms with Crippen LogP contribution < -0.4 is 4.72 Å². The third kappa shape index (κ3) is 2.20. The largest absolute Gasteiger partial charge is 0.378 e. The van der Waals surface area contributed by atoms with Crippen LogP contribution in [0.2, 0.25) is 0 Å². The number of nitrogens with one attached hydrogen (secondary N) is 1. The smallest absolute Gasteiger partial charge is 0.243 e. The molecule has 7 nitrogen and oxygen atoms in total. The van der Waals surface area contributed by atoms with E-state index in [1.807, 2.05) is 6.92 Å². The van der Waals surface area contributed by atoms with Gasteiger partial charge in [-0.3, -0.25) is 0 Å². The van der Waals surface area contributed by atoms with Gasteiger partial charge in [-0.05, 0) is 48.6 Å². The fraction of sp³-hybridized carbons (Fsp3) is 0.600. The summed E-state index contributed by atoms with van der Waals surface area (Å²) in [5.41, 5.74) is 0.675. The Morgan fingerprint density at radius 2 is 2.22 bits per heavy atom. The zero-order chi connectivity index (χ0) is 16.1. The van der Waals surface area contributed by atoms with E-state index in [0.717, 1.165) is 25.7 Å². The highest BCUT2D eigenvalue weighted by atomic mass is 32.2. The Morgan fingerprint density at radius 3 is 2.91 bits per heavy atom. The molecule has 2 saturated carbocycles. The zero-order valence-corrected chi connectivity index (χ0v) is 13.7. The lowest BCUT2D eigenvalue weighted by Crippen LogP contribution is -2.67. The van der Waals surface area contributed by atoms with Gasteiger partial charge >= 0.3 is 0 Å². The average molecular weight is 337 g/mol. The van der Waals surface area contributed by atoms with Gasteiger partial charge in [0.25, 0.3) is 0 Å². The van der Waals surface area contributed by atoms with E-state index in [9.17, 15) is 8.42 Å². The Morgan fingerprint density at radius 1 is 1.39 bits per heavy atom. The van der Waals surface area contributed by atoms with Gasteiger partial charge in [-0.1, -0.05) is 12.5 Å². The number of fused-ring (bicyclic) bond motifs is 1. The van der Waals surface area contributed by atoms with Gasteiger partial charge in [0.1, 0.15) is 10.4 Å². The lowest BCUT2D eigenvalue weighted by atomic mass is 9.51. The van der Waals surface area contributed by atoms with E-state index < -0.39 is 10.0 Å². The van der Waals surface area contributed by atoms with Gasteiger partial charge in [0.05, 0.1) is 6.10 Å². The maximum absolute atomic E-state index is 12.8. The summed E-state index contributed by atoms with van der Waals surface area (Å²) in [5, 5.41) is 7.42. The van der Waals surface area contributed by atoms with E-state index in [1.165, 1.54) is 6.07 Å². The third-order valence-corrected chi connectivity index (χ3v) is 6.78. The standard InChI is InChI=1S/C15H19N3O4S/c1-2-21-13-9-12(15(13)7-4-8-15)18-23(19,20)11-6-3-5-10-14(11)17-22-16-10/h3,5-6,12-13,18H,2,4,7-9H2,1H3/t12-,13-/m0/s1. The van der Waals surface area contributed by atoms with Crippen molar-refractivity contribution in [2.45, 2.75) is 49.6 Å². The summed E-state index contributed by atoms with van der Waals surface area (Å²) in [5.74, 6) is 0. The van der Waals surface area contributed by atoms with Crippen LogP contribution in [0.5, 0.6) is 0 Å². The maximum Gasteiger partial charge on any atom is 0.243 e. The summed E-state index contributed by atoms with van der Waals surface area (Å²) in [4.78, 5) is 0.116. The Bertz CT molecular complexity index is 828. The van der Waals surface area contributed by atoms with Crippen molar-refractivity contribution < 1.29 is 17.8 Å². The molecule has 2 fully saturated rings. The molecule has 2 aromatic rings. The van der Waals surface area contributed by atoms with Gasteiger partial charge in [-0.2, -0.15) is 0 Å². The maximum atomic E-state index is 12.8. The predicted octanol–water partition coefficient (Wildman–Crippen LogP) is 1.85. The quantitative estimate of drug-likeness (QED) is 0.895. The Labute approximate surface area is 134 Å². The van der Waals surface area contributed by atoms with Gasteiger partial charge in [-0.15, -0.1) is 0 Å². The van der Waals surface area contributed by atoms with Crippen LogP contribution in [0.1, 0.15) is 32.6 Å². The second kappa shape index (κ2) is 5.25. The Hall–Kier alpha value is -1.51. The SMILES string of the molecule is CCO[C@H]1C[C@H](NS(=O)(=O)c2cccc3nonc23)C12CCC2. The number of benzene rings is 1. The predicted molar refractivity (Wildman–Crippen MR) is 82.2 cm³/mol. The molecule has 0 unspecified atom stereocenters. The van der Waals surface area contributed by atoms with Crippen LogP contribution in [-0.4, -0.2) is 37.5 Å². The van der Waals surface area contributed by atoms with Gasteiger partial charge < -0.3 is 4.74 Å². The molecule has 0 aliphatic heterocycles. The van der Waals surface area contributed by atoms with E-state index >= 15 is 0 Å². The van der Waals surface area contributed by atoms with E-state index in [0.29, 0.717) is 12.1 Å². The van der Waals surface area contributed by atoms with Crippen LogP contribution >= 0.6 is 0 Å². The van der Waals surface area contributed by atoms with Crippen molar-refractivity contribution in [3.05, 3.63) is 18.2 Å². The molecule has 23 heavy (non-hydrogen) atoms. The number of sulfonamides is 1. The molecule has 0 bridgehead atoms. The average Bonchev–Trinajstić information content (AvgIpc) is 2.92. The fourth-order valence-corrected chi connectivity index (χ4v) is 5.34. The summed E-state index contributed by atoms with van der Waals surface area (Å²) >= 11 is 0. The molecule has 2 atom stereocenters. The molecule has 1 spiro atoms. The minimum atomic E-state index is -3.67. The van der Waals surface area contributed by atoms with E-state index in [1.54, 1.807) is 12.1 Å². The molecule has 0 saturated heterocycles. The normalized spacial score (nSPS) is 26.1. The molecule has 124 valence electrons. The van der Waals surface area contributed by atoms with Crippen molar-refractivity contribution in [2.24, 2.45) is 5.41 Å². The first kappa shape index (κ1) is 15.0. The lowest BCUT2D eigenvalue weighted by molar-refractivity contribution is -0.167. The summed E-state index contributed by atoms with van der Waals surface area (Å²) in [6.45, 7) is 2.64. The molecule has 1 N–H and O–H groups in total. The number of nitrogens with zero attached hydrogens (tertiary/aromatic N) is 2. The summed E-state index contributed by atoms with van der Waals surface area (Å²) < 4.78 is 38.8. The highest BCUT2D eigenvalue weighted by molar-refractivity contribution is 7.89. The van der Waals surface area contributed by atoms with Gasteiger partial charge in [0, 0.05) is 18.1 Å². The number of ether oxygens (including phenoxy) is 1. The number of rotatable bonds is 5. The van der Waals surface area contributed by atoms with E-state index in [2.05, 4.69) is 19.7 Å². The second-order valence-electron chi connectivity index (χ2n) is 6.33. The van der Waals surface area contributed by atoms with E-state index in [-0.39, 0.29) is 28.0 Å². The molecule has 8 heteroatoms. The van der Waals surface area contributed by atoms with Crippen molar-refractivity contribution in [1.82, 2.24) is 15.0 Å². The molecular weight excluding hydrogens is 318 g/mol. The molecular formula is C15H19N3O4S. The number of aromatic nitrogens is 2. The lowest BCUT2D eigenvalue weighted by Gasteiger charge is -2.60. The molecule has 4 rings (SSSR count). The van der Waals surface area contributed by atoms with Crippen molar-refractivity contribution in [3.63, 3.8) is 0 Å². The first-order chi connectivity index (χ1) is 11.1. The highest BCUT2D eigenvalue weighted by Gasteiger charge is 2.59. The molecule has 1 aromatic heterocycles. The second-order valence-corrected chi connectivity index (χ2v) is 8.01. The zero-order valence-electron chi connectivity index (χ0n) is 12.9. The summed E-state index contributed by atoms with van der Waals surface area (Å²) in [7, 11) is -3.67. The molecule has 2 aliphatic carbocycles. The first-order valence-electron chi connectivity index (χ1n) is 7.92. The van der Waals surface area contributed by atoms with Crippen LogP contribution in [-0.2, 0) is 14.8 Å².